The maximum Gasteiger partial charge on any atom is 0.339 e. The van der Waals surface area contributed by atoms with Crippen LogP contribution in [-0.4, -0.2) is 28.9 Å². The lowest BCUT2D eigenvalue weighted by molar-refractivity contribution is 0.0685. The maximum atomic E-state index is 12.7. The van der Waals surface area contributed by atoms with Crippen LogP contribution in [0.4, 0.5) is 0 Å². The summed E-state index contributed by atoms with van der Waals surface area (Å²) in [7, 11) is 1.74. The number of nitrogens with zero attached hydrogens (tertiary/aromatic N) is 1. The standard InChI is InChI=1S/C18H19NO4/c1-3-15-13(18(21)22)10-16(23-15)17(20)19(2)14-9-8-11-6-4-5-7-12(11)14/h4-7,10,14H,3,8-9H2,1-2H3,(H,21,22). The van der Waals surface area contributed by atoms with Gasteiger partial charge in [-0.25, -0.2) is 4.79 Å². The molecule has 3 rings (SSSR count). The summed E-state index contributed by atoms with van der Waals surface area (Å²) < 4.78 is 5.48. The maximum absolute atomic E-state index is 12.7. The monoisotopic (exact) mass is 313 g/mol. The topological polar surface area (TPSA) is 70.8 Å². The van der Waals surface area contributed by atoms with E-state index in [1.165, 1.54) is 11.6 Å². The van der Waals surface area contributed by atoms with Crippen molar-refractivity contribution in [1.82, 2.24) is 4.90 Å². The van der Waals surface area contributed by atoms with Gasteiger partial charge < -0.3 is 14.4 Å². The second-order valence-electron chi connectivity index (χ2n) is 5.78. The summed E-state index contributed by atoms with van der Waals surface area (Å²) in [5, 5.41) is 9.19. The molecular formula is C18H19NO4. The van der Waals surface area contributed by atoms with Gasteiger partial charge in [0.2, 0.25) is 0 Å². The number of aromatic carboxylic acids is 1. The van der Waals surface area contributed by atoms with Crippen LogP contribution >= 0.6 is 0 Å². The molecule has 2 aromatic rings. The van der Waals surface area contributed by atoms with Crippen LogP contribution in [0.2, 0.25) is 0 Å². The van der Waals surface area contributed by atoms with Crippen LogP contribution in [-0.2, 0) is 12.8 Å². The van der Waals surface area contributed by atoms with E-state index in [2.05, 4.69) is 6.07 Å². The van der Waals surface area contributed by atoms with Crippen molar-refractivity contribution >= 4 is 11.9 Å². The van der Waals surface area contributed by atoms with Crippen molar-refractivity contribution < 1.29 is 19.1 Å². The molecule has 0 bridgehead atoms. The number of fused-ring (bicyclic) bond motifs is 1. The van der Waals surface area contributed by atoms with Crippen molar-refractivity contribution in [3.05, 3.63) is 58.5 Å². The van der Waals surface area contributed by atoms with Gasteiger partial charge in [0.05, 0.1) is 6.04 Å². The van der Waals surface area contributed by atoms with Gasteiger partial charge in [-0.1, -0.05) is 31.2 Å². The Morgan fingerprint density at radius 1 is 1.35 bits per heavy atom. The zero-order chi connectivity index (χ0) is 16.6. The lowest BCUT2D eigenvalue weighted by atomic mass is 10.1. The minimum absolute atomic E-state index is 0.00199. The van der Waals surface area contributed by atoms with Gasteiger partial charge in [0.25, 0.3) is 5.91 Å². The number of furan rings is 1. The van der Waals surface area contributed by atoms with Crippen LogP contribution in [0.5, 0.6) is 0 Å². The van der Waals surface area contributed by atoms with E-state index in [1.54, 1.807) is 18.9 Å². The molecule has 0 spiro atoms. The molecule has 0 aliphatic heterocycles. The number of hydrogen-bond donors (Lipinski definition) is 1. The average molecular weight is 313 g/mol. The van der Waals surface area contributed by atoms with E-state index in [0.29, 0.717) is 12.2 Å². The number of hydrogen-bond acceptors (Lipinski definition) is 3. The summed E-state index contributed by atoms with van der Waals surface area (Å²) in [4.78, 5) is 25.6. The molecule has 5 heteroatoms. The van der Waals surface area contributed by atoms with E-state index in [-0.39, 0.29) is 23.3 Å². The van der Waals surface area contributed by atoms with Crippen molar-refractivity contribution in [2.75, 3.05) is 7.05 Å². The number of carbonyl (C=O) groups is 2. The Labute approximate surface area is 134 Å². The van der Waals surface area contributed by atoms with Crippen molar-refractivity contribution in [1.29, 1.82) is 0 Å². The number of amides is 1. The average Bonchev–Trinajstić information content (AvgIpc) is 3.17. The molecule has 0 saturated heterocycles. The van der Waals surface area contributed by atoms with Crippen LogP contribution < -0.4 is 0 Å². The van der Waals surface area contributed by atoms with Crippen LogP contribution in [0.25, 0.3) is 0 Å². The van der Waals surface area contributed by atoms with E-state index in [4.69, 9.17) is 4.42 Å². The van der Waals surface area contributed by atoms with Gasteiger partial charge in [0.1, 0.15) is 11.3 Å². The molecule has 1 aromatic carbocycles. The summed E-state index contributed by atoms with van der Waals surface area (Å²) >= 11 is 0. The lowest BCUT2D eigenvalue weighted by Gasteiger charge is -2.24. The van der Waals surface area contributed by atoms with Gasteiger partial charge in [0, 0.05) is 19.5 Å². The summed E-state index contributed by atoms with van der Waals surface area (Å²) in [6.45, 7) is 1.80. The smallest absolute Gasteiger partial charge is 0.339 e. The third kappa shape index (κ3) is 2.63. The van der Waals surface area contributed by atoms with Crippen molar-refractivity contribution in [3.63, 3.8) is 0 Å². The normalized spacial score (nSPS) is 16.2. The first-order valence-electron chi connectivity index (χ1n) is 7.73. The molecular weight excluding hydrogens is 294 g/mol. The molecule has 0 fully saturated rings. The molecule has 0 radical (unpaired) electrons. The van der Waals surface area contributed by atoms with Gasteiger partial charge in [0.15, 0.2) is 5.76 Å². The predicted octanol–water partition coefficient (Wildman–Crippen LogP) is 3.30. The molecule has 1 aliphatic carbocycles. The van der Waals surface area contributed by atoms with Crippen molar-refractivity contribution in [2.45, 2.75) is 32.2 Å². The van der Waals surface area contributed by atoms with Gasteiger partial charge in [-0.2, -0.15) is 0 Å². The van der Waals surface area contributed by atoms with E-state index >= 15 is 0 Å². The SMILES string of the molecule is CCc1oc(C(=O)N(C)C2CCc3ccccc32)cc1C(=O)O. The Morgan fingerprint density at radius 3 is 2.74 bits per heavy atom. The van der Waals surface area contributed by atoms with Gasteiger partial charge in [-0.3, -0.25) is 4.79 Å². The fourth-order valence-corrected chi connectivity index (χ4v) is 3.23. The van der Waals surface area contributed by atoms with Crippen LogP contribution in [0.3, 0.4) is 0 Å². The first kappa shape index (κ1) is 15.3. The number of rotatable bonds is 4. The highest BCUT2D eigenvalue weighted by Gasteiger charge is 2.31. The third-order valence-electron chi connectivity index (χ3n) is 4.46. The molecule has 1 amide bonds. The molecule has 1 N–H and O–H groups in total. The second kappa shape index (κ2) is 5.91. The van der Waals surface area contributed by atoms with Crippen molar-refractivity contribution in [2.24, 2.45) is 0 Å². The molecule has 1 aliphatic rings. The molecule has 1 unspecified atom stereocenters. The molecule has 1 atom stereocenters. The third-order valence-corrected chi connectivity index (χ3v) is 4.46. The van der Waals surface area contributed by atoms with Crippen LogP contribution in [0.1, 0.15) is 57.2 Å². The zero-order valence-electron chi connectivity index (χ0n) is 13.2. The Hall–Kier alpha value is -2.56. The van der Waals surface area contributed by atoms with Gasteiger partial charge in [-0.15, -0.1) is 0 Å². The second-order valence-corrected chi connectivity index (χ2v) is 5.78. The molecule has 1 aromatic heterocycles. The Balaban J connectivity index is 1.88. The highest BCUT2D eigenvalue weighted by molar-refractivity contribution is 5.96. The molecule has 5 nitrogen and oxygen atoms in total. The Morgan fingerprint density at radius 2 is 2.09 bits per heavy atom. The first-order valence-corrected chi connectivity index (χ1v) is 7.73. The predicted molar refractivity (Wildman–Crippen MR) is 84.6 cm³/mol. The number of carboxylic acid groups (broad SMARTS) is 1. The minimum atomic E-state index is -1.07. The summed E-state index contributed by atoms with van der Waals surface area (Å²) in [5.74, 6) is -0.931. The van der Waals surface area contributed by atoms with E-state index in [9.17, 15) is 14.7 Å². The molecule has 0 saturated carbocycles. The molecule has 120 valence electrons. The van der Waals surface area contributed by atoms with Crippen LogP contribution in [0, 0.1) is 0 Å². The fourth-order valence-electron chi connectivity index (χ4n) is 3.23. The first-order chi connectivity index (χ1) is 11.0. The fraction of sp³-hybridized carbons (Fsp3) is 0.333. The van der Waals surface area contributed by atoms with Crippen LogP contribution in [0.15, 0.2) is 34.7 Å². The Kier molecular flexibility index (Phi) is 3.94. The van der Waals surface area contributed by atoms with Crippen molar-refractivity contribution in [3.8, 4) is 0 Å². The quantitative estimate of drug-likeness (QED) is 0.940. The van der Waals surface area contributed by atoms with E-state index in [0.717, 1.165) is 18.4 Å². The minimum Gasteiger partial charge on any atom is -0.478 e. The number of benzene rings is 1. The van der Waals surface area contributed by atoms with Gasteiger partial charge in [-0.05, 0) is 24.0 Å². The summed E-state index contributed by atoms with van der Waals surface area (Å²) in [6.07, 6.45) is 2.25. The largest absolute Gasteiger partial charge is 0.478 e. The van der Waals surface area contributed by atoms with E-state index < -0.39 is 5.97 Å². The zero-order valence-corrected chi connectivity index (χ0v) is 13.2. The highest BCUT2D eigenvalue weighted by atomic mass is 16.4. The molecule has 1 heterocycles. The number of aryl methyl sites for hydroxylation is 2. The highest BCUT2D eigenvalue weighted by Crippen LogP contribution is 2.35. The number of carboxylic acids is 1. The summed E-state index contributed by atoms with van der Waals surface area (Å²) in [5.41, 5.74) is 2.48. The van der Waals surface area contributed by atoms with E-state index in [1.807, 2.05) is 18.2 Å². The van der Waals surface area contributed by atoms with Gasteiger partial charge >= 0.3 is 5.97 Å². The molecule has 23 heavy (non-hydrogen) atoms. The summed E-state index contributed by atoms with van der Waals surface area (Å²) in [6, 6.07) is 9.43. The number of carbonyl (C=O) groups excluding carboxylic acids is 1. The lowest BCUT2D eigenvalue weighted by Crippen LogP contribution is -2.29. The Bertz CT molecular complexity index is 762.